The molecule has 20 heavy (non-hydrogen) atoms. The second-order valence-electron chi connectivity index (χ2n) is 5.65. The zero-order valence-corrected chi connectivity index (χ0v) is 12.5. The number of thioether (sulfide) groups is 1. The number of carbonyl (C=O) groups is 1. The summed E-state index contributed by atoms with van der Waals surface area (Å²) in [4.78, 5) is 13.3. The molecule has 0 heterocycles. The minimum Gasteiger partial charge on any atom is -0.273 e. The number of nitrogens with one attached hydrogen (secondary N) is 1. The smallest absolute Gasteiger partial charge is 0.243 e. The summed E-state index contributed by atoms with van der Waals surface area (Å²) in [7, 11) is 0. The Hall–Kier alpha value is -1.29. The highest BCUT2D eigenvalue weighted by atomic mass is 32.2. The van der Waals surface area contributed by atoms with E-state index in [1.165, 1.54) is 30.6 Å². The van der Waals surface area contributed by atoms with Crippen LogP contribution < -0.4 is 5.43 Å². The van der Waals surface area contributed by atoms with E-state index in [9.17, 15) is 4.79 Å². The Bertz CT molecular complexity index is 500. The Kier molecular flexibility index (Phi) is 4.10. The number of hydrogen-bond donors (Lipinski definition) is 1. The van der Waals surface area contributed by atoms with Gasteiger partial charge in [0.25, 0.3) is 0 Å². The number of rotatable bonds is 4. The molecule has 0 spiro atoms. The summed E-state index contributed by atoms with van der Waals surface area (Å²) < 4.78 is 0. The van der Waals surface area contributed by atoms with Crippen LogP contribution in [0.1, 0.15) is 31.2 Å². The standard InChI is InChI=1S/C16H20N2OS/c1-20-12-8-6-11(7-9-12)10-17-18-16(19)15-13-4-2-3-5-14(13)15/h6-10,13-15H,2-5H2,1H3,(H,18,19)/b17-10-/t13-,14+,15?. The molecule has 3 nitrogen and oxygen atoms in total. The van der Waals surface area contributed by atoms with Crippen LogP contribution in [-0.4, -0.2) is 18.4 Å². The molecule has 2 aliphatic rings. The van der Waals surface area contributed by atoms with Crippen molar-refractivity contribution >= 4 is 23.9 Å². The number of hydrogen-bond acceptors (Lipinski definition) is 3. The molecule has 106 valence electrons. The molecule has 3 atom stereocenters. The van der Waals surface area contributed by atoms with Crippen LogP contribution in [0.5, 0.6) is 0 Å². The summed E-state index contributed by atoms with van der Waals surface area (Å²) in [5.74, 6) is 1.62. The van der Waals surface area contributed by atoms with Crippen molar-refractivity contribution in [3.05, 3.63) is 29.8 Å². The summed E-state index contributed by atoms with van der Waals surface area (Å²) in [6.45, 7) is 0. The Balaban J connectivity index is 1.51. The van der Waals surface area contributed by atoms with Crippen LogP contribution in [0.25, 0.3) is 0 Å². The van der Waals surface area contributed by atoms with Gasteiger partial charge >= 0.3 is 0 Å². The van der Waals surface area contributed by atoms with Crippen LogP contribution in [0.3, 0.4) is 0 Å². The van der Waals surface area contributed by atoms with Crippen molar-refractivity contribution in [1.29, 1.82) is 0 Å². The maximum atomic E-state index is 12.0. The molecule has 0 aromatic heterocycles. The molecule has 2 aliphatic carbocycles. The molecule has 2 fully saturated rings. The molecule has 2 saturated carbocycles. The lowest BCUT2D eigenvalue weighted by atomic mass is 10.0. The van der Waals surface area contributed by atoms with Crippen molar-refractivity contribution in [2.45, 2.75) is 30.6 Å². The van der Waals surface area contributed by atoms with Gasteiger partial charge < -0.3 is 0 Å². The molecule has 4 heteroatoms. The molecule has 1 amide bonds. The maximum absolute atomic E-state index is 12.0. The van der Waals surface area contributed by atoms with Crippen molar-refractivity contribution < 1.29 is 4.79 Å². The molecular formula is C16H20N2OS. The molecule has 1 unspecified atom stereocenters. The number of fused-ring (bicyclic) bond motifs is 1. The summed E-state index contributed by atoms with van der Waals surface area (Å²) >= 11 is 1.72. The first-order valence-electron chi connectivity index (χ1n) is 7.26. The lowest BCUT2D eigenvalue weighted by Gasteiger charge is -2.04. The first-order valence-corrected chi connectivity index (χ1v) is 8.49. The van der Waals surface area contributed by atoms with Crippen molar-refractivity contribution in [3.63, 3.8) is 0 Å². The lowest BCUT2D eigenvalue weighted by Crippen LogP contribution is -2.20. The third-order valence-corrected chi connectivity index (χ3v) is 5.21. The van der Waals surface area contributed by atoms with Crippen LogP contribution >= 0.6 is 11.8 Å². The average molecular weight is 288 g/mol. The fourth-order valence-corrected chi connectivity index (χ4v) is 3.72. The molecule has 0 saturated heterocycles. The van der Waals surface area contributed by atoms with Gasteiger partial charge in [-0.3, -0.25) is 4.79 Å². The van der Waals surface area contributed by atoms with E-state index >= 15 is 0 Å². The van der Waals surface area contributed by atoms with Crippen LogP contribution in [0.4, 0.5) is 0 Å². The Morgan fingerprint density at radius 3 is 2.50 bits per heavy atom. The summed E-state index contributed by atoms with van der Waals surface area (Å²) in [5, 5.41) is 4.08. The van der Waals surface area contributed by atoms with Crippen LogP contribution in [0.2, 0.25) is 0 Å². The van der Waals surface area contributed by atoms with Gasteiger partial charge in [0.1, 0.15) is 0 Å². The van der Waals surface area contributed by atoms with E-state index in [0.29, 0.717) is 11.8 Å². The molecule has 1 aromatic rings. The predicted octanol–water partition coefficient (Wildman–Crippen LogP) is 3.29. The van der Waals surface area contributed by atoms with Gasteiger partial charge in [0.05, 0.1) is 6.21 Å². The third-order valence-electron chi connectivity index (χ3n) is 4.46. The zero-order chi connectivity index (χ0) is 13.9. The quantitative estimate of drug-likeness (QED) is 0.525. The number of hydrazone groups is 1. The minimum absolute atomic E-state index is 0.110. The molecular weight excluding hydrogens is 268 g/mol. The molecule has 3 rings (SSSR count). The number of amides is 1. The van der Waals surface area contributed by atoms with E-state index in [4.69, 9.17) is 0 Å². The Morgan fingerprint density at radius 1 is 1.25 bits per heavy atom. The van der Waals surface area contributed by atoms with E-state index in [2.05, 4.69) is 28.9 Å². The molecule has 0 bridgehead atoms. The second-order valence-corrected chi connectivity index (χ2v) is 6.53. The molecule has 1 aromatic carbocycles. The van der Waals surface area contributed by atoms with Crippen molar-refractivity contribution in [3.8, 4) is 0 Å². The highest BCUT2D eigenvalue weighted by Gasteiger charge is 2.54. The molecule has 1 N–H and O–H groups in total. The van der Waals surface area contributed by atoms with E-state index in [0.717, 1.165) is 5.56 Å². The van der Waals surface area contributed by atoms with Crippen molar-refractivity contribution in [2.75, 3.05) is 6.26 Å². The predicted molar refractivity (Wildman–Crippen MR) is 82.9 cm³/mol. The monoisotopic (exact) mass is 288 g/mol. The SMILES string of the molecule is CSc1ccc(/C=N\NC(=O)C2[C@H]3CCCC[C@@H]23)cc1. The van der Waals surface area contributed by atoms with Gasteiger partial charge in [0, 0.05) is 10.8 Å². The van der Waals surface area contributed by atoms with Crippen LogP contribution in [0, 0.1) is 17.8 Å². The molecule has 0 radical (unpaired) electrons. The summed E-state index contributed by atoms with van der Waals surface area (Å²) in [6, 6.07) is 8.14. The average Bonchev–Trinajstić information content (AvgIpc) is 3.22. The largest absolute Gasteiger partial charge is 0.273 e. The van der Waals surface area contributed by atoms with Gasteiger partial charge in [-0.2, -0.15) is 5.10 Å². The van der Waals surface area contributed by atoms with Crippen molar-refractivity contribution in [2.24, 2.45) is 22.9 Å². The van der Waals surface area contributed by atoms with Crippen LogP contribution in [-0.2, 0) is 4.79 Å². The third kappa shape index (κ3) is 2.90. The zero-order valence-electron chi connectivity index (χ0n) is 11.7. The minimum atomic E-state index is 0.110. The first-order chi connectivity index (χ1) is 9.79. The number of benzene rings is 1. The fourth-order valence-electron chi connectivity index (χ4n) is 3.32. The normalized spacial score (nSPS) is 28.1. The summed E-state index contributed by atoms with van der Waals surface area (Å²) in [5.41, 5.74) is 3.71. The van der Waals surface area contributed by atoms with Gasteiger partial charge in [-0.1, -0.05) is 25.0 Å². The van der Waals surface area contributed by atoms with Gasteiger partial charge in [0.2, 0.25) is 5.91 Å². The van der Waals surface area contributed by atoms with E-state index < -0.39 is 0 Å². The molecule has 0 aliphatic heterocycles. The lowest BCUT2D eigenvalue weighted by molar-refractivity contribution is -0.122. The maximum Gasteiger partial charge on any atom is 0.243 e. The summed E-state index contributed by atoms with van der Waals surface area (Å²) in [6.07, 6.45) is 8.80. The second kappa shape index (κ2) is 6.00. The fraction of sp³-hybridized carbons (Fsp3) is 0.500. The van der Waals surface area contributed by atoms with Crippen molar-refractivity contribution in [1.82, 2.24) is 5.43 Å². The van der Waals surface area contributed by atoms with E-state index in [1.807, 2.05) is 12.1 Å². The van der Waals surface area contributed by atoms with Gasteiger partial charge in [-0.25, -0.2) is 5.43 Å². The topological polar surface area (TPSA) is 41.5 Å². The van der Waals surface area contributed by atoms with Gasteiger partial charge in [-0.15, -0.1) is 11.8 Å². The van der Waals surface area contributed by atoms with Gasteiger partial charge in [-0.05, 0) is 48.6 Å². The Labute approximate surface area is 124 Å². The highest BCUT2D eigenvalue weighted by Crippen LogP contribution is 2.55. The highest BCUT2D eigenvalue weighted by molar-refractivity contribution is 7.98. The first kappa shape index (κ1) is 13.7. The van der Waals surface area contributed by atoms with E-state index in [-0.39, 0.29) is 11.8 Å². The number of carbonyl (C=O) groups excluding carboxylic acids is 1. The number of nitrogens with zero attached hydrogens (tertiary/aromatic N) is 1. The van der Waals surface area contributed by atoms with E-state index in [1.54, 1.807) is 18.0 Å². The van der Waals surface area contributed by atoms with Gasteiger partial charge in [0.15, 0.2) is 0 Å². The van der Waals surface area contributed by atoms with Crippen LogP contribution in [0.15, 0.2) is 34.3 Å². The Morgan fingerprint density at radius 2 is 1.90 bits per heavy atom.